The van der Waals surface area contributed by atoms with E-state index in [0.717, 1.165) is 10.4 Å². The third kappa shape index (κ3) is 4.11. The van der Waals surface area contributed by atoms with Crippen LogP contribution in [-0.2, 0) is 4.74 Å². The van der Waals surface area contributed by atoms with Crippen molar-refractivity contribution in [3.63, 3.8) is 0 Å². The van der Waals surface area contributed by atoms with Crippen molar-refractivity contribution in [3.05, 3.63) is 48.0 Å². The van der Waals surface area contributed by atoms with E-state index < -0.39 is 8.80 Å². The maximum absolute atomic E-state index is 11.6. The number of benzene rings is 1. The van der Waals surface area contributed by atoms with Crippen LogP contribution in [0.2, 0.25) is 18.6 Å². The first kappa shape index (κ1) is 15.8. The number of allylic oxidation sites excluding steroid dienone is 1. The second-order valence-electron chi connectivity index (χ2n) is 4.67. The summed E-state index contributed by atoms with van der Waals surface area (Å²) in [6.45, 7) is 10.6. The predicted molar refractivity (Wildman–Crippen MR) is 86.9 cm³/mol. The molecule has 19 heavy (non-hydrogen) atoms. The van der Waals surface area contributed by atoms with Gasteiger partial charge in [0.05, 0.1) is 12.2 Å². The summed E-state index contributed by atoms with van der Waals surface area (Å²) >= 11 is 5.52. The smallest absolute Gasteiger partial charge is 0.338 e. The largest absolute Gasteiger partial charge is 0.462 e. The second-order valence-corrected chi connectivity index (χ2v) is 8.31. The SMILES string of the molecule is C=CC(C(=S)c1ccc(C(=O)OCC)cc1)[SiH](C)C. The van der Waals surface area contributed by atoms with Gasteiger partial charge in [-0.2, -0.15) is 0 Å². The summed E-state index contributed by atoms with van der Waals surface area (Å²) in [7, 11) is -0.907. The van der Waals surface area contributed by atoms with Crippen LogP contribution in [0.15, 0.2) is 36.9 Å². The van der Waals surface area contributed by atoms with E-state index in [1.807, 2.05) is 18.2 Å². The molecular weight excluding hydrogens is 272 g/mol. The zero-order valence-corrected chi connectivity index (χ0v) is 13.7. The van der Waals surface area contributed by atoms with Crippen LogP contribution < -0.4 is 0 Å². The monoisotopic (exact) mass is 292 g/mol. The minimum Gasteiger partial charge on any atom is -0.462 e. The summed E-state index contributed by atoms with van der Waals surface area (Å²) in [5.74, 6) is -0.293. The van der Waals surface area contributed by atoms with Gasteiger partial charge < -0.3 is 4.74 Å². The lowest BCUT2D eigenvalue weighted by Crippen LogP contribution is -2.19. The van der Waals surface area contributed by atoms with E-state index in [4.69, 9.17) is 17.0 Å². The van der Waals surface area contributed by atoms with Crippen molar-refractivity contribution in [2.75, 3.05) is 6.61 Å². The average molecular weight is 292 g/mol. The molecule has 0 N–H and O–H groups in total. The van der Waals surface area contributed by atoms with Crippen molar-refractivity contribution in [1.29, 1.82) is 0 Å². The van der Waals surface area contributed by atoms with Gasteiger partial charge >= 0.3 is 5.97 Å². The Kier molecular flexibility index (Phi) is 6.11. The molecule has 1 rings (SSSR count). The van der Waals surface area contributed by atoms with E-state index in [-0.39, 0.29) is 5.97 Å². The molecule has 0 aliphatic heterocycles. The Morgan fingerprint density at radius 2 is 1.89 bits per heavy atom. The van der Waals surface area contributed by atoms with Gasteiger partial charge in [0.2, 0.25) is 0 Å². The standard InChI is InChI=1S/C15H20O2SSi/c1-5-13(19(3)4)14(18)11-7-9-12(10-8-11)15(16)17-6-2/h5,7-10,13,19H,1,6H2,2-4H3. The van der Waals surface area contributed by atoms with Crippen molar-refractivity contribution < 1.29 is 9.53 Å². The number of hydrogen-bond acceptors (Lipinski definition) is 3. The third-order valence-corrected chi connectivity index (χ3v) is 5.75. The number of rotatable bonds is 6. The number of carbonyl (C=O) groups excluding carboxylic acids is 1. The predicted octanol–water partition coefficient (Wildman–Crippen LogP) is 3.62. The highest BCUT2D eigenvalue weighted by atomic mass is 32.1. The summed E-state index contributed by atoms with van der Waals surface area (Å²) in [6, 6.07) is 7.31. The van der Waals surface area contributed by atoms with Crippen LogP contribution in [0.25, 0.3) is 0 Å². The molecule has 0 saturated heterocycles. The Morgan fingerprint density at radius 1 is 1.37 bits per heavy atom. The van der Waals surface area contributed by atoms with Crippen molar-refractivity contribution in [2.45, 2.75) is 25.6 Å². The van der Waals surface area contributed by atoms with Crippen LogP contribution >= 0.6 is 12.2 Å². The van der Waals surface area contributed by atoms with E-state index in [0.29, 0.717) is 17.7 Å². The Hall–Kier alpha value is -1.26. The first-order valence-corrected chi connectivity index (χ1v) is 9.83. The molecule has 0 radical (unpaired) electrons. The van der Waals surface area contributed by atoms with Crippen molar-refractivity contribution >= 4 is 31.8 Å². The molecule has 1 atom stereocenters. The molecule has 0 aromatic heterocycles. The minimum atomic E-state index is -0.907. The lowest BCUT2D eigenvalue weighted by Gasteiger charge is -2.17. The van der Waals surface area contributed by atoms with Gasteiger partial charge in [0.1, 0.15) is 0 Å². The van der Waals surface area contributed by atoms with Gasteiger partial charge in [-0.3, -0.25) is 0 Å². The Balaban J connectivity index is 2.89. The summed E-state index contributed by atoms with van der Waals surface area (Å²) in [5, 5.41) is 0. The molecule has 1 aromatic carbocycles. The zero-order chi connectivity index (χ0) is 14.4. The molecule has 4 heteroatoms. The van der Waals surface area contributed by atoms with Crippen molar-refractivity contribution in [2.24, 2.45) is 0 Å². The van der Waals surface area contributed by atoms with Crippen LogP contribution in [0.4, 0.5) is 0 Å². The minimum absolute atomic E-state index is 0.293. The quantitative estimate of drug-likeness (QED) is 0.263. The van der Waals surface area contributed by atoms with E-state index in [9.17, 15) is 4.79 Å². The third-order valence-electron chi connectivity index (χ3n) is 2.96. The number of hydrogen-bond donors (Lipinski definition) is 0. The molecule has 0 amide bonds. The van der Waals surface area contributed by atoms with Gasteiger partial charge in [-0.1, -0.05) is 43.5 Å². The molecular formula is C15H20O2SSi. The number of carbonyl (C=O) groups is 1. The van der Waals surface area contributed by atoms with Crippen LogP contribution in [0.5, 0.6) is 0 Å². The van der Waals surface area contributed by atoms with E-state index in [1.165, 1.54) is 0 Å². The summed E-state index contributed by atoms with van der Waals surface area (Å²) < 4.78 is 4.95. The summed E-state index contributed by atoms with van der Waals surface area (Å²) in [6.07, 6.45) is 1.94. The molecule has 1 aromatic rings. The molecule has 0 spiro atoms. The molecule has 0 heterocycles. The fourth-order valence-corrected chi connectivity index (χ4v) is 4.25. The number of ether oxygens (including phenoxy) is 1. The van der Waals surface area contributed by atoms with Crippen LogP contribution in [0.1, 0.15) is 22.8 Å². The molecule has 0 fully saturated rings. The first-order valence-electron chi connectivity index (χ1n) is 6.45. The van der Waals surface area contributed by atoms with Crippen molar-refractivity contribution in [1.82, 2.24) is 0 Å². The summed E-state index contributed by atoms with van der Waals surface area (Å²) in [4.78, 5) is 12.5. The lowest BCUT2D eigenvalue weighted by molar-refractivity contribution is 0.0526. The molecule has 102 valence electrons. The van der Waals surface area contributed by atoms with Crippen LogP contribution in [0.3, 0.4) is 0 Å². The number of thiocarbonyl (C=S) groups is 1. The topological polar surface area (TPSA) is 26.3 Å². The molecule has 0 bridgehead atoms. The Bertz CT molecular complexity index is 466. The first-order chi connectivity index (χ1) is 9.01. The van der Waals surface area contributed by atoms with Gasteiger partial charge in [-0.25, -0.2) is 4.79 Å². The molecule has 0 aliphatic carbocycles. The zero-order valence-electron chi connectivity index (χ0n) is 11.7. The van der Waals surface area contributed by atoms with Crippen molar-refractivity contribution in [3.8, 4) is 0 Å². The highest BCUT2D eigenvalue weighted by molar-refractivity contribution is 7.81. The van der Waals surface area contributed by atoms with Gasteiger partial charge in [-0.15, -0.1) is 6.58 Å². The highest BCUT2D eigenvalue weighted by Gasteiger charge is 2.17. The van der Waals surface area contributed by atoms with Gasteiger partial charge in [-0.05, 0) is 24.6 Å². The molecule has 1 unspecified atom stereocenters. The van der Waals surface area contributed by atoms with E-state index in [1.54, 1.807) is 19.1 Å². The highest BCUT2D eigenvalue weighted by Crippen LogP contribution is 2.21. The van der Waals surface area contributed by atoms with E-state index >= 15 is 0 Å². The van der Waals surface area contributed by atoms with E-state index in [2.05, 4.69) is 19.7 Å². The molecule has 2 nitrogen and oxygen atoms in total. The maximum atomic E-state index is 11.6. The Labute approximate surface area is 122 Å². The second kappa shape index (κ2) is 7.36. The fraction of sp³-hybridized carbons (Fsp3) is 0.333. The maximum Gasteiger partial charge on any atom is 0.338 e. The Morgan fingerprint density at radius 3 is 2.32 bits per heavy atom. The molecule has 0 saturated carbocycles. The normalized spacial score (nSPS) is 12.0. The van der Waals surface area contributed by atoms with Gasteiger partial charge in [0, 0.05) is 19.2 Å². The van der Waals surface area contributed by atoms with Gasteiger partial charge in [0.15, 0.2) is 0 Å². The average Bonchev–Trinajstić information content (AvgIpc) is 2.39. The lowest BCUT2D eigenvalue weighted by atomic mass is 10.1. The van der Waals surface area contributed by atoms with Crippen LogP contribution in [0, 0.1) is 0 Å². The fourth-order valence-electron chi connectivity index (χ4n) is 1.86. The van der Waals surface area contributed by atoms with Crippen LogP contribution in [-0.4, -0.2) is 26.2 Å². The number of esters is 1. The molecule has 0 aliphatic rings. The summed E-state index contributed by atoms with van der Waals surface area (Å²) in [5.41, 5.74) is 1.86. The van der Waals surface area contributed by atoms with Gasteiger partial charge in [0.25, 0.3) is 0 Å².